The van der Waals surface area contributed by atoms with Crippen molar-refractivity contribution in [2.75, 3.05) is 27.2 Å². The Kier molecular flexibility index (Phi) is 6.32. The van der Waals surface area contributed by atoms with E-state index >= 15 is 0 Å². The Balaban J connectivity index is 2.62. The fraction of sp³-hybridized carbons (Fsp3) is 0.385. The second-order valence-electron chi connectivity index (χ2n) is 4.78. The van der Waals surface area contributed by atoms with Gasteiger partial charge in [0.15, 0.2) is 6.61 Å². The van der Waals surface area contributed by atoms with E-state index in [-0.39, 0.29) is 10.5 Å². The molecule has 1 rings (SSSR count). The van der Waals surface area contributed by atoms with Gasteiger partial charge >= 0.3 is 12.1 Å². The third-order valence-electron chi connectivity index (χ3n) is 2.69. The molecule has 0 aliphatic carbocycles. The highest BCUT2D eigenvalue weighted by atomic mass is 32.2. The van der Waals surface area contributed by atoms with E-state index in [4.69, 9.17) is 0 Å². The number of ether oxygens (including phenoxy) is 1. The monoisotopic (exact) mass is 368 g/mol. The van der Waals surface area contributed by atoms with Gasteiger partial charge in [-0.05, 0) is 24.3 Å². The van der Waals surface area contributed by atoms with Crippen molar-refractivity contribution in [2.24, 2.45) is 0 Å². The number of nitrogens with zero attached hydrogens (tertiary/aromatic N) is 1. The first kappa shape index (κ1) is 19.9. The molecule has 0 spiro atoms. The first-order valence-electron chi connectivity index (χ1n) is 6.46. The molecule has 0 bridgehead atoms. The van der Waals surface area contributed by atoms with Crippen LogP contribution in [-0.4, -0.2) is 58.0 Å². The van der Waals surface area contributed by atoms with Crippen molar-refractivity contribution in [1.29, 1.82) is 0 Å². The van der Waals surface area contributed by atoms with E-state index in [1.807, 2.05) is 0 Å². The van der Waals surface area contributed by atoms with Crippen LogP contribution in [0.3, 0.4) is 0 Å². The zero-order valence-corrected chi connectivity index (χ0v) is 13.6. The number of esters is 1. The number of carbonyl (C=O) groups is 2. The predicted molar refractivity (Wildman–Crippen MR) is 76.7 cm³/mol. The maximum Gasteiger partial charge on any atom is 0.405 e. The van der Waals surface area contributed by atoms with Gasteiger partial charge in [0.1, 0.15) is 6.54 Å². The molecule has 0 heterocycles. The molecule has 0 fully saturated rings. The lowest BCUT2D eigenvalue weighted by atomic mass is 10.2. The van der Waals surface area contributed by atoms with Crippen LogP contribution in [0.4, 0.5) is 13.2 Å². The van der Waals surface area contributed by atoms with Crippen LogP contribution in [-0.2, 0) is 19.6 Å². The zero-order chi connectivity index (χ0) is 18.5. The van der Waals surface area contributed by atoms with E-state index in [0.717, 1.165) is 4.31 Å². The van der Waals surface area contributed by atoms with Crippen LogP contribution in [0.25, 0.3) is 0 Å². The summed E-state index contributed by atoms with van der Waals surface area (Å²) in [5, 5.41) is 1.54. The number of sulfonamides is 1. The number of amides is 1. The van der Waals surface area contributed by atoms with Gasteiger partial charge in [-0.1, -0.05) is 0 Å². The van der Waals surface area contributed by atoms with Gasteiger partial charge in [-0.15, -0.1) is 0 Å². The summed E-state index contributed by atoms with van der Waals surface area (Å²) in [5.74, 6) is -2.07. The van der Waals surface area contributed by atoms with Crippen LogP contribution in [0.5, 0.6) is 0 Å². The molecule has 1 N–H and O–H groups in total. The topological polar surface area (TPSA) is 92.8 Å². The molecule has 0 aliphatic rings. The van der Waals surface area contributed by atoms with E-state index in [0.29, 0.717) is 0 Å². The molecular formula is C13H15F3N2O5S. The van der Waals surface area contributed by atoms with Crippen molar-refractivity contribution in [3.63, 3.8) is 0 Å². The largest absolute Gasteiger partial charge is 0.452 e. The van der Waals surface area contributed by atoms with Crippen LogP contribution in [0.15, 0.2) is 29.2 Å². The molecule has 0 aliphatic heterocycles. The molecule has 11 heteroatoms. The van der Waals surface area contributed by atoms with Crippen LogP contribution >= 0.6 is 0 Å². The summed E-state index contributed by atoms with van der Waals surface area (Å²) in [6, 6.07) is 4.70. The van der Waals surface area contributed by atoms with E-state index in [9.17, 15) is 31.2 Å². The first-order valence-corrected chi connectivity index (χ1v) is 7.90. The van der Waals surface area contributed by atoms with Gasteiger partial charge in [-0.2, -0.15) is 13.2 Å². The van der Waals surface area contributed by atoms with Crippen molar-refractivity contribution >= 4 is 21.9 Å². The minimum Gasteiger partial charge on any atom is -0.452 e. The van der Waals surface area contributed by atoms with Crippen molar-refractivity contribution in [1.82, 2.24) is 9.62 Å². The summed E-state index contributed by atoms with van der Waals surface area (Å²) in [5.41, 5.74) is -0.0451. The minimum atomic E-state index is -4.56. The third kappa shape index (κ3) is 5.81. The molecule has 1 aromatic rings. The molecule has 1 aromatic carbocycles. The van der Waals surface area contributed by atoms with Gasteiger partial charge in [0.25, 0.3) is 5.91 Å². The average Bonchev–Trinajstić information content (AvgIpc) is 2.49. The average molecular weight is 368 g/mol. The number of alkyl halides is 3. The van der Waals surface area contributed by atoms with Crippen LogP contribution in [0.1, 0.15) is 10.4 Å². The molecule has 0 saturated heterocycles. The summed E-state index contributed by atoms with van der Waals surface area (Å²) in [7, 11) is -0.967. The Morgan fingerprint density at radius 3 is 2.17 bits per heavy atom. The van der Waals surface area contributed by atoms with Gasteiger partial charge in [0, 0.05) is 14.1 Å². The number of hydrogen-bond acceptors (Lipinski definition) is 5. The highest BCUT2D eigenvalue weighted by molar-refractivity contribution is 7.89. The van der Waals surface area contributed by atoms with Gasteiger partial charge in [0.05, 0.1) is 10.5 Å². The number of rotatable bonds is 6. The lowest BCUT2D eigenvalue weighted by Gasteiger charge is -2.11. The zero-order valence-electron chi connectivity index (χ0n) is 12.8. The standard InChI is InChI=1S/C13H15F3N2O5S/c1-18(2)24(21,22)10-5-3-9(4-6-10)12(20)23-7-11(19)17-8-13(14,15)16/h3-6H,7-8H2,1-2H3,(H,17,19). The molecule has 0 unspecified atom stereocenters. The van der Waals surface area contributed by atoms with Crippen molar-refractivity contribution in [2.45, 2.75) is 11.1 Å². The summed E-state index contributed by atoms with van der Waals surface area (Å²) in [4.78, 5) is 22.7. The Labute approximate surface area is 136 Å². The lowest BCUT2D eigenvalue weighted by Crippen LogP contribution is -2.36. The Morgan fingerprint density at radius 1 is 1.17 bits per heavy atom. The molecule has 0 aromatic heterocycles. The number of benzene rings is 1. The third-order valence-corrected chi connectivity index (χ3v) is 4.52. The summed E-state index contributed by atoms with van der Waals surface area (Å²) >= 11 is 0. The van der Waals surface area contributed by atoms with Crippen molar-refractivity contribution in [3.8, 4) is 0 Å². The molecule has 0 radical (unpaired) electrons. The van der Waals surface area contributed by atoms with Crippen molar-refractivity contribution in [3.05, 3.63) is 29.8 Å². The predicted octanol–water partition coefficient (Wildman–Crippen LogP) is 0.772. The molecule has 1 amide bonds. The fourth-order valence-corrected chi connectivity index (χ4v) is 2.34. The van der Waals surface area contributed by atoms with Gasteiger partial charge in [0.2, 0.25) is 10.0 Å². The summed E-state index contributed by atoms with van der Waals surface area (Å²) < 4.78 is 64.9. The number of hydrogen-bond donors (Lipinski definition) is 1. The molecule has 0 saturated carbocycles. The van der Waals surface area contributed by atoms with Crippen LogP contribution < -0.4 is 5.32 Å². The van der Waals surface area contributed by atoms with Gasteiger partial charge in [-0.3, -0.25) is 4.79 Å². The molecule has 0 atom stereocenters. The highest BCUT2D eigenvalue weighted by Crippen LogP contribution is 2.14. The maximum atomic E-state index is 11.9. The van der Waals surface area contributed by atoms with Gasteiger partial charge in [-0.25, -0.2) is 17.5 Å². The normalized spacial score (nSPS) is 12.1. The SMILES string of the molecule is CN(C)S(=O)(=O)c1ccc(C(=O)OCC(=O)NCC(F)(F)F)cc1. The Bertz CT molecular complexity index is 699. The van der Waals surface area contributed by atoms with Gasteiger partial charge < -0.3 is 10.1 Å². The molecule has 7 nitrogen and oxygen atoms in total. The second kappa shape index (κ2) is 7.62. The van der Waals surface area contributed by atoms with E-state index < -0.39 is 41.2 Å². The molecule has 24 heavy (non-hydrogen) atoms. The van der Waals surface area contributed by atoms with Crippen molar-refractivity contribution < 1.29 is 35.9 Å². The highest BCUT2D eigenvalue weighted by Gasteiger charge is 2.27. The Morgan fingerprint density at radius 2 is 1.71 bits per heavy atom. The van der Waals surface area contributed by atoms with E-state index in [2.05, 4.69) is 4.74 Å². The Hall–Kier alpha value is -2.14. The second-order valence-corrected chi connectivity index (χ2v) is 6.93. The maximum absolute atomic E-state index is 11.9. The smallest absolute Gasteiger partial charge is 0.405 e. The van der Waals surface area contributed by atoms with Crippen LogP contribution in [0, 0.1) is 0 Å². The number of halogens is 3. The number of nitrogens with one attached hydrogen (secondary N) is 1. The molecular weight excluding hydrogens is 353 g/mol. The minimum absolute atomic E-state index is 0.0451. The lowest BCUT2D eigenvalue weighted by molar-refractivity contribution is -0.140. The summed E-state index contributed by atoms with van der Waals surface area (Å²) in [6.45, 7) is -2.41. The van der Waals surface area contributed by atoms with E-state index in [1.165, 1.54) is 38.4 Å². The molecule has 134 valence electrons. The first-order chi connectivity index (χ1) is 10.9. The van der Waals surface area contributed by atoms with E-state index in [1.54, 1.807) is 5.32 Å². The quantitative estimate of drug-likeness (QED) is 0.749. The number of carbonyl (C=O) groups excluding carboxylic acids is 2. The van der Waals surface area contributed by atoms with Crippen LogP contribution in [0.2, 0.25) is 0 Å². The fourth-order valence-electron chi connectivity index (χ4n) is 1.44. The summed E-state index contributed by atoms with van der Waals surface area (Å²) in [6.07, 6.45) is -4.56.